The molecule has 0 saturated heterocycles. The molecule has 0 atom stereocenters. The topological polar surface area (TPSA) is 88.5 Å². The summed E-state index contributed by atoms with van der Waals surface area (Å²) < 4.78 is 5.30. The summed E-state index contributed by atoms with van der Waals surface area (Å²) in [6.07, 6.45) is 2.68. The molecule has 21 heavy (non-hydrogen) atoms. The van der Waals surface area contributed by atoms with Crippen molar-refractivity contribution in [3.8, 4) is 0 Å². The molecule has 3 rings (SSSR count). The van der Waals surface area contributed by atoms with Crippen molar-refractivity contribution in [1.82, 2.24) is 4.98 Å². The number of carbonyl (C=O) groups excluding carboxylic acids is 1. The second kappa shape index (κ2) is 5.34. The van der Waals surface area contributed by atoms with Crippen LogP contribution in [-0.4, -0.2) is 22.0 Å². The molecule has 1 aromatic carbocycles. The molecule has 6 heteroatoms. The van der Waals surface area contributed by atoms with Crippen LogP contribution in [0.25, 0.3) is 0 Å². The molecule has 0 saturated carbocycles. The summed E-state index contributed by atoms with van der Waals surface area (Å²) in [5.41, 5.74) is 2.68. The molecule has 106 valence electrons. The van der Waals surface area contributed by atoms with Gasteiger partial charge >= 0.3 is 5.97 Å². The van der Waals surface area contributed by atoms with Gasteiger partial charge in [-0.3, -0.25) is 9.78 Å². The molecule has 0 unspecified atom stereocenters. The van der Waals surface area contributed by atoms with Crippen molar-refractivity contribution >= 4 is 17.6 Å². The summed E-state index contributed by atoms with van der Waals surface area (Å²) in [6.45, 7) is 1.05. The van der Waals surface area contributed by atoms with Gasteiger partial charge in [0.2, 0.25) is 0 Å². The molecular formula is C15H12N2O4. The standard InChI is InChI=1S/C15H12N2O4/c18-14(9-1-2-10-7-21-8-11(10)5-9)17-13-6-16-4-3-12(13)15(19)20/h1-6H,7-8H2,(H,17,18)(H,19,20). The van der Waals surface area contributed by atoms with Crippen LogP contribution in [0.1, 0.15) is 31.8 Å². The summed E-state index contributed by atoms with van der Waals surface area (Å²) in [5, 5.41) is 11.7. The Kier molecular flexibility index (Phi) is 3.37. The van der Waals surface area contributed by atoms with Gasteiger partial charge in [-0.25, -0.2) is 4.79 Å². The van der Waals surface area contributed by atoms with Crippen molar-refractivity contribution in [2.24, 2.45) is 0 Å². The number of carbonyl (C=O) groups is 2. The van der Waals surface area contributed by atoms with Crippen LogP contribution in [0.4, 0.5) is 5.69 Å². The zero-order valence-electron chi connectivity index (χ0n) is 11.0. The van der Waals surface area contributed by atoms with Gasteiger partial charge in [-0.15, -0.1) is 0 Å². The fraction of sp³-hybridized carbons (Fsp3) is 0.133. The van der Waals surface area contributed by atoms with E-state index in [-0.39, 0.29) is 17.2 Å². The van der Waals surface area contributed by atoms with Crippen LogP contribution < -0.4 is 5.32 Å². The lowest BCUT2D eigenvalue weighted by Gasteiger charge is -2.08. The molecule has 6 nitrogen and oxygen atoms in total. The molecule has 0 bridgehead atoms. The number of hydrogen-bond acceptors (Lipinski definition) is 4. The number of aromatic carboxylic acids is 1. The Bertz CT molecular complexity index is 727. The van der Waals surface area contributed by atoms with E-state index in [9.17, 15) is 9.59 Å². The van der Waals surface area contributed by atoms with E-state index < -0.39 is 5.97 Å². The quantitative estimate of drug-likeness (QED) is 0.900. The Morgan fingerprint density at radius 2 is 2.00 bits per heavy atom. The van der Waals surface area contributed by atoms with Crippen molar-refractivity contribution in [3.63, 3.8) is 0 Å². The largest absolute Gasteiger partial charge is 0.478 e. The second-order valence-electron chi connectivity index (χ2n) is 4.66. The van der Waals surface area contributed by atoms with E-state index in [1.807, 2.05) is 6.07 Å². The highest BCUT2D eigenvalue weighted by Crippen LogP contribution is 2.22. The number of fused-ring (bicyclic) bond motifs is 1. The van der Waals surface area contributed by atoms with E-state index in [0.717, 1.165) is 11.1 Å². The van der Waals surface area contributed by atoms with Gasteiger partial charge in [-0.1, -0.05) is 6.07 Å². The first-order chi connectivity index (χ1) is 10.1. The summed E-state index contributed by atoms with van der Waals surface area (Å²) in [4.78, 5) is 27.1. The first kappa shape index (κ1) is 13.3. The predicted octanol–water partition coefficient (Wildman–Crippen LogP) is 2.06. The lowest BCUT2D eigenvalue weighted by molar-refractivity contribution is 0.0698. The Morgan fingerprint density at radius 1 is 1.19 bits per heavy atom. The van der Waals surface area contributed by atoms with Gasteiger partial charge in [0.1, 0.15) is 0 Å². The van der Waals surface area contributed by atoms with Crippen molar-refractivity contribution in [2.45, 2.75) is 13.2 Å². The van der Waals surface area contributed by atoms with Gasteiger partial charge < -0.3 is 15.2 Å². The number of carboxylic acid groups (broad SMARTS) is 1. The lowest BCUT2D eigenvalue weighted by atomic mass is 10.1. The van der Waals surface area contributed by atoms with E-state index in [4.69, 9.17) is 9.84 Å². The molecular weight excluding hydrogens is 272 g/mol. The van der Waals surface area contributed by atoms with E-state index in [2.05, 4.69) is 10.3 Å². The Balaban J connectivity index is 1.85. The Labute approximate surface area is 120 Å². The number of rotatable bonds is 3. The van der Waals surface area contributed by atoms with Gasteiger partial charge in [-0.2, -0.15) is 0 Å². The number of pyridine rings is 1. The van der Waals surface area contributed by atoms with Gasteiger partial charge in [0.25, 0.3) is 5.91 Å². The molecule has 0 aliphatic carbocycles. The van der Waals surface area contributed by atoms with Gasteiger partial charge in [-0.05, 0) is 29.3 Å². The number of anilines is 1. The van der Waals surface area contributed by atoms with E-state index in [1.54, 1.807) is 12.1 Å². The SMILES string of the molecule is O=C(Nc1cnccc1C(=O)O)c1ccc2c(c1)COC2. The van der Waals surface area contributed by atoms with Crippen LogP contribution in [0.2, 0.25) is 0 Å². The summed E-state index contributed by atoms with van der Waals surface area (Å²) in [7, 11) is 0. The lowest BCUT2D eigenvalue weighted by Crippen LogP contribution is -2.15. The number of amides is 1. The fourth-order valence-electron chi connectivity index (χ4n) is 2.19. The first-order valence-corrected chi connectivity index (χ1v) is 6.33. The molecule has 2 aromatic rings. The van der Waals surface area contributed by atoms with E-state index in [1.165, 1.54) is 18.5 Å². The molecule has 1 amide bonds. The fourth-order valence-corrected chi connectivity index (χ4v) is 2.19. The molecule has 2 N–H and O–H groups in total. The van der Waals surface area contributed by atoms with Crippen LogP contribution in [0, 0.1) is 0 Å². The zero-order valence-corrected chi connectivity index (χ0v) is 11.0. The van der Waals surface area contributed by atoms with Crippen molar-refractivity contribution < 1.29 is 19.4 Å². The minimum absolute atomic E-state index is 0.00263. The molecule has 1 aromatic heterocycles. The second-order valence-corrected chi connectivity index (χ2v) is 4.66. The molecule has 1 aliphatic heterocycles. The van der Waals surface area contributed by atoms with Crippen molar-refractivity contribution in [2.75, 3.05) is 5.32 Å². The molecule has 0 spiro atoms. The van der Waals surface area contributed by atoms with Crippen LogP contribution in [0.15, 0.2) is 36.7 Å². The highest BCUT2D eigenvalue weighted by Gasteiger charge is 2.16. The van der Waals surface area contributed by atoms with Crippen molar-refractivity contribution in [1.29, 1.82) is 0 Å². The molecule has 0 radical (unpaired) electrons. The molecule has 0 fully saturated rings. The monoisotopic (exact) mass is 284 g/mol. The van der Waals surface area contributed by atoms with Crippen LogP contribution in [-0.2, 0) is 18.0 Å². The number of ether oxygens (including phenoxy) is 1. The third kappa shape index (κ3) is 2.61. The average molecular weight is 284 g/mol. The third-order valence-electron chi connectivity index (χ3n) is 3.28. The van der Waals surface area contributed by atoms with Crippen molar-refractivity contribution in [3.05, 3.63) is 58.9 Å². The predicted molar refractivity (Wildman–Crippen MR) is 74.1 cm³/mol. The van der Waals surface area contributed by atoms with Gasteiger partial charge in [0.05, 0.1) is 30.7 Å². The number of hydrogen-bond donors (Lipinski definition) is 2. The van der Waals surface area contributed by atoms with Crippen LogP contribution in [0.3, 0.4) is 0 Å². The number of nitrogens with zero attached hydrogens (tertiary/aromatic N) is 1. The maximum Gasteiger partial charge on any atom is 0.337 e. The summed E-state index contributed by atoms with van der Waals surface area (Å²) in [5.74, 6) is -1.49. The van der Waals surface area contributed by atoms with E-state index in [0.29, 0.717) is 18.8 Å². The smallest absolute Gasteiger partial charge is 0.337 e. The first-order valence-electron chi connectivity index (χ1n) is 6.33. The van der Waals surface area contributed by atoms with E-state index >= 15 is 0 Å². The minimum atomic E-state index is -1.12. The summed E-state index contributed by atoms with van der Waals surface area (Å²) >= 11 is 0. The Hall–Kier alpha value is -2.73. The Morgan fingerprint density at radius 3 is 2.81 bits per heavy atom. The number of benzene rings is 1. The number of carboxylic acids is 1. The van der Waals surface area contributed by atoms with Gasteiger partial charge in [0.15, 0.2) is 0 Å². The summed E-state index contributed by atoms with van der Waals surface area (Å²) in [6, 6.07) is 6.64. The average Bonchev–Trinajstić information content (AvgIpc) is 2.94. The third-order valence-corrected chi connectivity index (χ3v) is 3.28. The number of aromatic nitrogens is 1. The minimum Gasteiger partial charge on any atom is -0.478 e. The maximum atomic E-state index is 12.2. The zero-order chi connectivity index (χ0) is 14.8. The van der Waals surface area contributed by atoms with Crippen LogP contribution in [0.5, 0.6) is 0 Å². The molecule has 2 heterocycles. The highest BCUT2D eigenvalue weighted by atomic mass is 16.5. The number of nitrogens with one attached hydrogen (secondary N) is 1. The highest BCUT2D eigenvalue weighted by molar-refractivity contribution is 6.07. The van der Waals surface area contributed by atoms with Gasteiger partial charge in [0, 0.05) is 11.8 Å². The van der Waals surface area contributed by atoms with Crippen LogP contribution >= 0.6 is 0 Å². The molecule has 1 aliphatic rings. The maximum absolute atomic E-state index is 12.2. The normalized spacial score (nSPS) is 12.8.